The minimum atomic E-state index is -0.482. The molecule has 0 amide bonds. The number of ketones is 2. The van der Waals surface area contributed by atoms with Gasteiger partial charge in [-0.3, -0.25) is 20.2 Å². The topological polar surface area (TPSA) is 75.3 Å². The molecule has 3 aliphatic rings. The molecule has 0 saturated carbocycles. The summed E-state index contributed by atoms with van der Waals surface area (Å²) in [6.07, 6.45) is 3.35. The van der Waals surface area contributed by atoms with Gasteiger partial charge >= 0.3 is 0 Å². The predicted octanol–water partition coefficient (Wildman–Crippen LogP) is 1.19. The van der Waals surface area contributed by atoms with Gasteiger partial charge in [0.05, 0.1) is 22.6 Å². The summed E-state index contributed by atoms with van der Waals surface area (Å²) < 4.78 is 0. The molecule has 4 rings (SSSR count). The van der Waals surface area contributed by atoms with Crippen molar-refractivity contribution in [2.75, 3.05) is 11.8 Å². The highest BCUT2D eigenvalue weighted by atomic mass is 32.2. The van der Waals surface area contributed by atoms with Gasteiger partial charge in [-0.2, -0.15) is 0 Å². The standard InChI is InChI=1S/C19H22N2O3S2/c22-8-14-18(25-9-20-14)17(24)15-19(26-10-21-15)16(23)13-6-5-11-3-1-2-4-12(11)7-13/h1-4,8,13-15,18-21H,5-7,9-10H2/t13?,14-,15-,18?,19?/m1/s1. The number of aldehydes is 1. The molecule has 1 aromatic carbocycles. The molecule has 5 nitrogen and oxygen atoms in total. The number of thioether (sulfide) groups is 2. The van der Waals surface area contributed by atoms with Crippen LogP contribution >= 0.6 is 23.5 Å². The number of hydrogen-bond acceptors (Lipinski definition) is 7. The summed E-state index contributed by atoms with van der Waals surface area (Å²) in [5, 5.41) is 5.50. The average molecular weight is 391 g/mol. The largest absolute Gasteiger partial charge is 0.302 e. The minimum absolute atomic E-state index is 0.0170. The first kappa shape index (κ1) is 18.2. The van der Waals surface area contributed by atoms with Crippen LogP contribution < -0.4 is 10.6 Å². The Kier molecular flexibility index (Phi) is 5.50. The second kappa shape index (κ2) is 7.84. The Hall–Kier alpha value is -1.15. The number of aryl methyl sites for hydroxylation is 1. The van der Waals surface area contributed by atoms with Crippen molar-refractivity contribution in [3.8, 4) is 0 Å². The molecule has 5 atom stereocenters. The molecule has 2 aliphatic heterocycles. The highest BCUT2D eigenvalue weighted by Crippen LogP contribution is 2.34. The smallest absolute Gasteiger partial charge is 0.166 e. The van der Waals surface area contributed by atoms with Crippen molar-refractivity contribution in [1.82, 2.24) is 10.6 Å². The summed E-state index contributed by atoms with van der Waals surface area (Å²) in [5.41, 5.74) is 2.59. The van der Waals surface area contributed by atoms with Crippen LogP contribution in [0.15, 0.2) is 24.3 Å². The molecule has 2 saturated heterocycles. The number of Topliss-reactive ketones (excluding diaryl/α,β-unsaturated/α-hetero) is 2. The Morgan fingerprint density at radius 2 is 1.73 bits per heavy atom. The maximum absolute atomic E-state index is 13.2. The van der Waals surface area contributed by atoms with Crippen LogP contribution in [0.5, 0.6) is 0 Å². The van der Waals surface area contributed by atoms with Crippen LogP contribution in [-0.4, -0.2) is 52.2 Å². The first-order valence-electron chi connectivity index (χ1n) is 8.98. The molecule has 3 unspecified atom stereocenters. The quantitative estimate of drug-likeness (QED) is 0.732. The van der Waals surface area contributed by atoms with Gasteiger partial charge in [0.15, 0.2) is 11.6 Å². The molecule has 0 aromatic heterocycles. The van der Waals surface area contributed by atoms with E-state index in [0.29, 0.717) is 11.8 Å². The van der Waals surface area contributed by atoms with E-state index in [2.05, 4.69) is 22.8 Å². The molecule has 2 fully saturated rings. The fourth-order valence-corrected chi connectivity index (χ4v) is 6.48. The van der Waals surface area contributed by atoms with Gasteiger partial charge < -0.3 is 4.79 Å². The minimum Gasteiger partial charge on any atom is -0.302 e. The highest BCUT2D eigenvalue weighted by Gasteiger charge is 2.46. The van der Waals surface area contributed by atoms with Gasteiger partial charge in [0, 0.05) is 17.7 Å². The van der Waals surface area contributed by atoms with Crippen LogP contribution in [0.4, 0.5) is 0 Å². The molecule has 2 N–H and O–H groups in total. The van der Waals surface area contributed by atoms with Gasteiger partial charge in [0.25, 0.3) is 0 Å². The van der Waals surface area contributed by atoms with E-state index in [1.54, 1.807) is 0 Å². The van der Waals surface area contributed by atoms with Crippen molar-refractivity contribution in [2.24, 2.45) is 5.92 Å². The predicted molar refractivity (Wildman–Crippen MR) is 104 cm³/mol. The van der Waals surface area contributed by atoms with E-state index in [9.17, 15) is 14.4 Å². The van der Waals surface area contributed by atoms with Crippen LogP contribution in [0.2, 0.25) is 0 Å². The maximum atomic E-state index is 13.2. The second-order valence-electron chi connectivity index (χ2n) is 7.02. The number of carbonyl (C=O) groups is 3. The van der Waals surface area contributed by atoms with Crippen molar-refractivity contribution < 1.29 is 14.4 Å². The summed E-state index contributed by atoms with van der Waals surface area (Å²) in [4.78, 5) is 37.3. The third-order valence-corrected chi connectivity index (χ3v) is 7.96. The van der Waals surface area contributed by atoms with Crippen LogP contribution in [0.3, 0.4) is 0 Å². The Morgan fingerprint density at radius 1 is 1.00 bits per heavy atom. The summed E-state index contributed by atoms with van der Waals surface area (Å²) >= 11 is 2.99. The third-order valence-electron chi connectivity index (χ3n) is 5.54. The van der Waals surface area contributed by atoms with E-state index in [1.807, 2.05) is 12.1 Å². The Labute approximate surface area is 161 Å². The van der Waals surface area contributed by atoms with E-state index in [0.717, 1.165) is 25.5 Å². The SMILES string of the molecule is O=C[C@H]1NCSC1C(=O)[C@H]1NCSC1C(=O)C1CCc2ccccc2C1. The Morgan fingerprint density at radius 3 is 2.54 bits per heavy atom. The van der Waals surface area contributed by atoms with E-state index in [1.165, 1.54) is 34.7 Å². The summed E-state index contributed by atoms with van der Waals surface area (Å²) in [7, 11) is 0. The highest BCUT2D eigenvalue weighted by molar-refractivity contribution is 8.01. The molecule has 0 spiro atoms. The molecular formula is C19H22N2O3S2. The first-order chi connectivity index (χ1) is 12.7. The average Bonchev–Trinajstić information content (AvgIpc) is 3.35. The maximum Gasteiger partial charge on any atom is 0.166 e. The van der Waals surface area contributed by atoms with Gasteiger partial charge in [0.1, 0.15) is 6.29 Å². The first-order valence-corrected chi connectivity index (χ1v) is 11.1. The van der Waals surface area contributed by atoms with E-state index in [4.69, 9.17) is 0 Å². The molecule has 0 radical (unpaired) electrons. The number of rotatable bonds is 5. The van der Waals surface area contributed by atoms with Crippen LogP contribution in [0.25, 0.3) is 0 Å². The van der Waals surface area contributed by atoms with Gasteiger partial charge in [-0.05, 0) is 30.4 Å². The van der Waals surface area contributed by atoms with Crippen LogP contribution in [-0.2, 0) is 27.2 Å². The zero-order chi connectivity index (χ0) is 18.1. The molecule has 0 bridgehead atoms. The molecule has 138 valence electrons. The summed E-state index contributed by atoms with van der Waals surface area (Å²) in [6.45, 7) is 0. The lowest BCUT2D eigenvalue weighted by Crippen LogP contribution is -2.50. The number of nitrogens with one attached hydrogen (secondary N) is 2. The number of benzene rings is 1. The van der Waals surface area contributed by atoms with Gasteiger partial charge in [0.2, 0.25) is 0 Å². The van der Waals surface area contributed by atoms with Crippen molar-refractivity contribution in [2.45, 2.75) is 41.8 Å². The lowest BCUT2D eigenvalue weighted by molar-refractivity contribution is -0.127. The van der Waals surface area contributed by atoms with Gasteiger partial charge in [-0.1, -0.05) is 24.3 Å². The van der Waals surface area contributed by atoms with Crippen LogP contribution in [0, 0.1) is 5.92 Å². The van der Waals surface area contributed by atoms with Crippen molar-refractivity contribution in [3.05, 3.63) is 35.4 Å². The normalized spacial score (nSPS) is 33.6. The molecular weight excluding hydrogens is 368 g/mol. The lowest BCUT2D eigenvalue weighted by Gasteiger charge is -2.28. The van der Waals surface area contributed by atoms with Gasteiger partial charge in [-0.25, -0.2) is 0 Å². The van der Waals surface area contributed by atoms with Crippen molar-refractivity contribution in [1.29, 1.82) is 0 Å². The van der Waals surface area contributed by atoms with E-state index in [-0.39, 0.29) is 22.7 Å². The number of carbonyl (C=O) groups excluding carboxylic acids is 3. The molecule has 2 heterocycles. The Bertz CT molecular complexity index is 726. The fourth-order valence-electron chi connectivity index (χ4n) is 4.10. The zero-order valence-electron chi connectivity index (χ0n) is 14.4. The monoisotopic (exact) mass is 390 g/mol. The fraction of sp³-hybridized carbons (Fsp3) is 0.526. The van der Waals surface area contributed by atoms with E-state index < -0.39 is 17.3 Å². The number of hydrogen-bond donors (Lipinski definition) is 2. The van der Waals surface area contributed by atoms with E-state index >= 15 is 0 Å². The van der Waals surface area contributed by atoms with Crippen molar-refractivity contribution in [3.63, 3.8) is 0 Å². The summed E-state index contributed by atoms with van der Waals surface area (Å²) in [6, 6.07) is 7.38. The molecule has 7 heteroatoms. The summed E-state index contributed by atoms with van der Waals surface area (Å²) in [5.74, 6) is 1.35. The van der Waals surface area contributed by atoms with Gasteiger partial charge in [-0.15, -0.1) is 23.5 Å². The third kappa shape index (κ3) is 3.38. The molecule has 1 aliphatic carbocycles. The Balaban J connectivity index is 1.47. The second-order valence-corrected chi connectivity index (χ2v) is 9.28. The van der Waals surface area contributed by atoms with Crippen molar-refractivity contribution >= 4 is 41.4 Å². The molecule has 1 aromatic rings. The lowest BCUT2D eigenvalue weighted by atomic mass is 9.80. The molecule has 26 heavy (non-hydrogen) atoms. The van der Waals surface area contributed by atoms with Crippen LogP contribution in [0.1, 0.15) is 17.5 Å². The zero-order valence-corrected chi connectivity index (χ0v) is 16.0. The number of fused-ring (bicyclic) bond motifs is 1.